The molecule has 2 rings (SSSR count). The third-order valence-electron chi connectivity index (χ3n) is 3.28. The summed E-state index contributed by atoms with van der Waals surface area (Å²) in [6.07, 6.45) is 1.24. The summed E-state index contributed by atoms with van der Waals surface area (Å²) < 4.78 is 13.0. The van der Waals surface area contributed by atoms with Gasteiger partial charge in [-0.05, 0) is 30.9 Å². The summed E-state index contributed by atoms with van der Waals surface area (Å²) in [6.45, 7) is 3.72. The fraction of sp³-hybridized carbons (Fsp3) is 0.500. The van der Waals surface area contributed by atoms with Gasteiger partial charge in [0.1, 0.15) is 6.17 Å². The second-order valence-electron chi connectivity index (χ2n) is 4.71. The van der Waals surface area contributed by atoms with Crippen molar-refractivity contribution in [2.75, 3.05) is 13.1 Å². The molecule has 0 aliphatic carbocycles. The maximum atomic E-state index is 13.0. The van der Waals surface area contributed by atoms with Crippen LogP contribution in [0.4, 0.5) is 9.18 Å². The zero-order valence-electron chi connectivity index (χ0n) is 10.7. The Hall–Kier alpha value is -1.58. The Bertz CT molecular complexity index is 397. The molecule has 1 aliphatic heterocycles. The van der Waals surface area contributed by atoms with Crippen LogP contribution >= 0.6 is 0 Å². The molecule has 0 radical (unpaired) electrons. The largest absolute Gasteiger partial charge is 0.334 e. The molecule has 0 saturated carbocycles. The van der Waals surface area contributed by atoms with Crippen LogP contribution in [0.1, 0.15) is 37.1 Å². The molecule has 0 bridgehead atoms. The van der Waals surface area contributed by atoms with Crippen LogP contribution in [0.15, 0.2) is 24.3 Å². The van der Waals surface area contributed by atoms with E-state index in [9.17, 15) is 9.18 Å². The Morgan fingerprint density at radius 3 is 2.50 bits per heavy atom. The van der Waals surface area contributed by atoms with E-state index in [1.807, 2.05) is 17.0 Å². The topological polar surface area (TPSA) is 32.3 Å². The lowest BCUT2D eigenvalue weighted by Crippen LogP contribution is -2.37. The molecule has 1 aromatic carbocycles. The molecule has 1 aliphatic rings. The van der Waals surface area contributed by atoms with E-state index in [0.717, 1.165) is 31.5 Å². The van der Waals surface area contributed by atoms with Gasteiger partial charge in [0.25, 0.3) is 0 Å². The molecule has 1 aromatic rings. The molecular weight excluding hydrogens is 231 g/mol. The molecule has 1 fully saturated rings. The van der Waals surface area contributed by atoms with E-state index in [1.54, 1.807) is 12.1 Å². The highest BCUT2D eigenvalue weighted by atomic mass is 19.1. The smallest absolute Gasteiger partial charge is 0.317 e. The number of urea groups is 1. The third kappa shape index (κ3) is 3.22. The van der Waals surface area contributed by atoms with Gasteiger partial charge in [-0.15, -0.1) is 0 Å². The number of carbonyl (C=O) groups excluding carboxylic acids is 1. The van der Waals surface area contributed by atoms with Crippen molar-refractivity contribution in [3.63, 3.8) is 0 Å². The summed E-state index contributed by atoms with van der Waals surface area (Å²) in [6, 6.07) is 7.24. The standard InChI is InChI=1S/C14H19FN2O/c1-11(15)13-6-4-12(5-7-13)10-16-14(18)17-8-2-3-9-17/h4-7,11H,2-3,8-10H2,1H3,(H,16,18). The third-order valence-corrected chi connectivity index (χ3v) is 3.28. The SMILES string of the molecule is CC(F)c1ccc(CNC(=O)N2CCCC2)cc1. The number of halogens is 1. The summed E-state index contributed by atoms with van der Waals surface area (Å²) in [5.74, 6) is 0. The monoisotopic (exact) mass is 250 g/mol. The molecule has 0 spiro atoms. The number of amides is 2. The minimum Gasteiger partial charge on any atom is -0.334 e. The van der Waals surface area contributed by atoms with Gasteiger partial charge in [-0.1, -0.05) is 24.3 Å². The Balaban J connectivity index is 1.84. The molecular formula is C14H19FN2O. The lowest BCUT2D eigenvalue weighted by atomic mass is 10.1. The quantitative estimate of drug-likeness (QED) is 0.878. The fourth-order valence-corrected chi connectivity index (χ4v) is 2.11. The van der Waals surface area contributed by atoms with Crippen LogP contribution < -0.4 is 5.32 Å². The Labute approximate surface area is 107 Å². The molecule has 98 valence electrons. The first-order valence-electron chi connectivity index (χ1n) is 6.42. The van der Waals surface area contributed by atoms with E-state index < -0.39 is 6.17 Å². The number of likely N-dealkylation sites (tertiary alicyclic amines) is 1. The number of alkyl halides is 1. The van der Waals surface area contributed by atoms with Crippen molar-refractivity contribution < 1.29 is 9.18 Å². The van der Waals surface area contributed by atoms with Gasteiger partial charge in [0.2, 0.25) is 0 Å². The molecule has 18 heavy (non-hydrogen) atoms. The number of carbonyl (C=O) groups is 1. The van der Waals surface area contributed by atoms with Gasteiger partial charge >= 0.3 is 6.03 Å². The summed E-state index contributed by atoms with van der Waals surface area (Å²) in [4.78, 5) is 13.6. The molecule has 1 heterocycles. The molecule has 1 N–H and O–H groups in total. The van der Waals surface area contributed by atoms with Gasteiger partial charge < -0.3 is 10.2 Å². The lowest BCUT2D eigenvalue weighted by Gasteiger charge is -2.16. The number of nitrogens with one attached hydrogen (secondary N) is 1. The van der Waals surface area contributed by atoms with Gasteiger partial charge in [-0.3, -0.25) is 0 Å². The van der Waals surface area contributed by atoms with Gasteiger partial charge in [-0.25, -0.2) is 9.18 Å². The van der Waals surface area contributed by atoms with E-state index in [-0.39, 0.29) is 6.03 Å². The average Bonchev–Trinajstić information content (AvgIpc) is 2.90. The van der Waals surface area contributed by atoms with Crippen LogP contribution in [0.5, 0.6) is 0 Å². The number of hydrogen-bond acceptors (Lipinski definition) is 1. The first-order valence-corrected chi connectivity index (χ1v) is 6.42. The van der Waals surface area contributed by atoms with E-state index in [4.69, 9.17) is 0 Å². The molecule has 1 unspecified atom stereocenters. The molecule has 0 aromatic heterocycles. The van der Waals surface area contributed by atoms with E-state index in [2.05, 4.69) is 5.32 Å². The Morgan fingerprint density at radius 2 is 1.94 bits per heavy atom. The van der Waals surface area contributed by atoms with Crippen LogP contribution in [0, 0.1) is 0 Å². The maximum Gasteiger partial charge on any atom is 0.317 e. The first kappa shape index (κ1) is 12.9. The maximum absolute atomic E-state index is 13.0. The number of hydrogen-bond donors (Lipinski definition) is 1. The molecule has 2 amide bonds. The summed E-state index contributed by atoms with van der Waals surface area (Å²) >= 11 is 0. The second-order valence-corrected chi connectivity index (χ2v) is 4.71. The highest BCUT2D eigenvalue weighted by Crippen LogP contribution is 2.16. The van der Waals surface area contributed by atoms with E-state index >= 15 is 0 Å². The number of rotatable bonds is 3. The summed E-state index contributed by atoms with van der Waals surface area (Å²) in [5, 5.41) is 2.88. The molecule has 4 heteroatoms. The Kier molecular flexibility index (Phi) is 4.18. The first-order chi connectivity index (χ1) is 8.66. The predicted octanol–water partition coefficient (Wildman–Crippen LogP) is 3.02. The minimum atomic E-state index is -0.946. The zero-order chi connectivity index (χ0) is 13.0. The molecule has 3 nitrogen and oxygen atoms in total. The number of benzene rings is 1. The van der Waals surface area contributed by atoms with Crippen molar-refractivity contribution >= 4 is 6.03 Å². The van der Waals surface area contributed by atoms with Gasteiger partial charge in [0.05, 0.1) is 0 Å². The van der Waals surface area contributed by atoms with Crippen LogP contribution in [0.25, 0.3) is 0 Å². The predicted molar refractivity (Wildman–Crippen MR) is 69.0 cm³/mol. The highest BCUT2D eigenvalue weighted by molar-refractivity contribution is 5.74. The van der Waals surface area contributed by atoms with Gasteiger partial charge in [0.15, 0.2) is 0 Å². The van der Waals surface area contributed by atoms with Crippen LogP contribution in [-0.2, 0) is 6.54 Å². The minimum absolute atomic E-state index is 0.00423. The second kappa shape index (κ2) is 5.85. The highest BCUT2D eigenvalue weighted by Gasteiger charge is 2.16. The van der Waals surface area contributed by atoms with Crippen molar-refractivity contribution in [3.8, 4) is 0 Å². The summed E-state index contributed by atoms with van der Waals surface area (Å²) in [7, 11) is 0. The average molecular weight is 250 g/mol. The zero-order valence-corrected chi connectivity index (χ0v) is 10.7. The van der Waals surface area contributed by atoms with Crippen LogP contribution in [0.3, 0.4) is 0 Å². The van der Waals surface area contributed by atoms with Gasteiger partial charge in [0, 0.05) is 19.6 Å². The van der Waals surface area contributed by atoms with Crippen LogP contribution in [-0.4, -0.2) is 24.0 Å². The molecule has 1 atom stereocenters. The normalized spacial score (nSPS) is 16.7. The van der Waals surface area contributed by atoms with Crippen molar-refractivity contribution in [2.45, 2.75) is 32.5 Å². The Morgan fingerprint density at radius 1 is 1.33 bits per heavy atom. The van der Waals surface area contributed by atoms with Crippen molar-refractivity contribution in [2.24, 2.45) is 0 Å². The van der Waals surface area contributed by atoms with E-state index in [0.29, 0.717) is 12.1 Å². The van der Waals surface area contributed by atoms with Gasteiger partial charge in [-0.2, -0.15) is 0 Å². The lowest BCUT2D eigenvalue weighted by molar-refractivity contribution is 0.208. The van der Waals surface area contributed by atoms with Crippen molar-refractivity contribution in [1.82, 2.24) is 10.2 Å². The number of nitrogens with zero attached hydrogens (tertiary/aromatic N) is 1. The van der Waals surface area contributed by atoms with Crippen molar-refractivity contribution in [1.29, 1.82) is 0 Å². The molecule has 1 saturated heterocycles. The fourth-order valence-electron chi connectivity index (χ4n) is 2.11. The summed E-state index contributed by atoms with van der Waals surface area (Å²) in [5.41, 5.74) is 1.66. The van der Waals surface area contributed by atoms with Crippen LogP contribution in [0.2, 0.25) is 0 Å². The van der Waals surface area contributed by atoms with Crippen molar-refractivity contribution in [3.05, 3.63) is 35.4 Å². The van der Waals surface area contributed by atoms with E-state index in [1.165, 1.54) is 6.92 Å².